The highest BCUT2D eigenvalue weighted by Gasteiger charge is 2.37. The minimum atomic E-state index is -1.00. The molecular weight excluding hydrogens is 320 g/mol. The summed E-state index contributed by atoms with van der Waals surface area (Å²) in [5, 5.41) is 13.0. The molecule has 1 aromatic rings. The molecular formula is C19H28N2O4. The molecule has 1 heterocycles. The number of methoxy groups -OCH3 is 1. The maximum atomic E-state index is 12.9. The van der Waals surface area contributed by atoms with Crippen LogP contribution in [0.25, 0.3) is 0 Å². The van der Waals surface area contributed by atoms with Gasteiger partial charge in [-0.15, -0.1) is 0 Å². The van der Waals surface area contributed by atoms with E-state index in [9.17, 15) is 14.7 Å². The van der Waals surface area contributed by atoms with E-state index in [1.54, 1.807) is 14.2 Å². The SMILES string of the molecule is CO[C@@H]([C@@H]1CCCN1)[C@@H](C)C(=O)N(C)[C@@H](Cc1ccccc1)C(=O)O. The van der Waals surface area contributed by atoms with Crippen molar-refractivity contribution in [2.45, 2.75) is 44.4 Å². The minimum Gasteiger partial charge on any atom is -0.480 e. The predicted molar refractivity (Wildman–Crippen MR) is 95.3 cm³/mol. The van der Waals surface area contributed by atoms with Crippen LogP contribution >= 0.6 is 0 Å². The number of carbonyl (C=O) groups excluding carboxylic acids is 1. The molecule has 1 fully saturated rings. The number of hydrogen-bond donors (Lipinski definition) is 2. The van der Waals surface area contributed by atoms with Crippen molar-refractivity contribution in [2.24, 2.45) is 5.92 Å². The minimum absolute atomic E-state index is 0.134. The van der Waals surface area contributed by atoms with Gasteiger partial charge in [0.25, 0.3) is 0 Å². The lowest BCUT2D eigenvalue weighted by atomic mass is 9.94. The molecule has 1 aliphatic rings. The number of amides is 1. The summed E-state index contributed by atoms with van der Waals surface area (Å²) in [6.45, 7) is 2.74. The highest BCUT2D eigenvalue weighted by molar-refractivity contribution is 5.85. The Morgan fingerprint density at radius 1 is 1.36 bits per heavy atom. The summed E-state index contributed by atoms with van der Waals surface area (Å²) in [5.74, 6) is -1.62. The van der Waals surface area contributed by atoms with Crippen LogP contribution in [0.2, 0.25) is 0 Å². The highest BCUT2D eigenvalue weighted by atomic mass is 16.5. The lowest BCUT2D eigenvalue weighted by Crippen LogP contribution is -2.51. The number of likely N-dealkylation sites (N-methyl/N-ethyl adjacent to an activating group) is 1. The molecule has 0 bridgehead atoms. The molecule has 0 unspecified atom stereocenters. The normalized spacial score (nSPS) is 20.7. The molecule has 25 heavy (non-hydrogen) atoms. The second-order valence-corrected chi connectivity index (χ2v) is 6.68. The Balaban J connectivity index is 2.09. The summed E-state index contributed by atoms with van der Waals surface area (Å²) < 4.78 is 5.57. The number of carbonyl (C=O) groups is 2. The van der Waals surface area contributed by atoms with Gasteiger partial charge < -0.3 is 20.1 Å². The average Bonchev–Trinajstić information content (AvgIpc) is 3.14. The van der Waals surface area contributed by atoms with Gasteiger partial charge in [-0.25, -0.2) is 4.79 Å². The van der Waals surface area contributed by atoms with E-state index in [0.717, 1.165) is 24.9 Å². The van der Waals surface area contributed by atoms with Gasteiger partial charge in [-0.2, -0.15) is 0 Å². The Kier molecular flexibility index (Phi) is 6.96. The number of carboxylic acids is 1. The topological polar surface area (TPSA) is 78.9 Å². The van der Waals surface area contributed by atoms with Crippen molar-refractivity contribution >= 4 is 11.9 Å². The summed E-state index contributed by atoms with van der Waals surface area (Å²) in [4.78, 5) is 26.0. The van der Waals surface area contributed by atoms with Crippen LogP contribution in [0.3, 0.4) is 0 Å². The van der Waals surface area contributed by atoms with Crippen LogP contribution < -0.4 is 5.32 Å². The fourth-order valence-electron chi connectivity index (χ4n) is 3.55. The molecule has 2 rings (SSSR count). The van der Waals surface area contributed by atoms with Gasteiger partial charge in [0.05, 0.1) is 12.0 Å². The van der Waals surface area contributed by atoms with E-state index < -0.39 is 17.9 Å². The molecule has 0 saturated carbocycles. The fraction of sp³-hybridized carbons (Fsp3) is 0.579. The van der Waals surface area contributed by atoms with Crippen molar-refractivity contribution in [3.05, 3.63) is 35.9 Å². The summed E-state index contributed by atoms with van der Waals surface area (Å²) in [5.41, 5.74) is 0.892. The summed E-state index contributed by atoms with van der Waals surface area (Å²) in [7, 11) is 3.17. The first-order valence-corrected chi connectivity index (χ1v) is 8.75. The van der Waals surface area contributed by atoms with Crippen LogP contribution in [0.15, 0.2) is 30.3 Å². The lowest BCUT2D eigenvalue weighted by Gasteiger charge is -2.33. The Bertz CT molecular complexity index is 572. The molecule has 0 spiro atoms. The van der Waals surface area contributed by atoms with Crippen LogP contribution in [-0.2, 0) is 20.7 Å². The van der Waals surface area contributed by atoms with Gasteiger partial charge in [-0.1, -0.05) is 37.3 Å². The van der Waals surface area contributed by atoms with Crippen molar-refractivity contribution in [3.8, 4) is 0 Å². The van der Waals surface area contributed by atoms with E-state index in [-0.39, 0.29) is 24.5 Å². The Morgan fingerprint density at radius 3 is 2.56 bits per heavy atom. The third kappa shape index (κ3) is 4.80. The van der Waals surface area contributed by atoms with Crippen LogP contribution in [0.5, 0.6) is 0 Å². The highest BCUT2D eigenvalue weighted by Crippen LogP contribution is 2.21. The van der Waals surface area contributed by atoms with E-state index in [1.165, 1.54) is 4.90 Å². The maximum Gasteiger partial charge on any atom is 0.326 e. The van der Waals surface area contributed by atoms with Crippen LogP contribution in [0.4, 0.5) is 0 Å². The van der Waals surface area contributed by atoms with Crippen LogP contribution in [0, 0.1) is 5.92 Å². The zero-order valence-corrected chi connectivity index (χ0v) is 15.1. The van der Waals surface area contributed by atoms with Gasteiger partial charge in [0.1, 0.15) is 6.04 Å². The monoisotopic (exact) mass is 348 g/mol. The molecule has 1 saturated heterocycles. The quantitative estimate of drug-likeness (QED) is 0.745. The van der Waals surface area contributed by atoms with E-state index in [1.807, 2.05) is 37.3 Å². The van der Waals surface area contributed by atoms with Gasteiger partial charge in [0.15, 0.2) is 0 Å². The summed E-state index contributed by atoms with van der Waals surface area (Å²) >= 11 is 0. The van der Waals surface area contributed by atoms with Crippen molar-refractivity contribution in [3.63, 3.8) is 0 Å². The Morgan fingerprint density at radius 2 is 2.04 bits per heavy atom. The number of carboxylic acid groups (broad SMARTS) is 1. The summed E-state index contributed by atoms with van der Waals surface area (Å²) in [6, 6.07) is 8.60. The third-order valence-electron chi connectivity index (χ3n) is 5.02. The number of ether oxygens (including phenoxy) is 1. The van der Waals surface area contributed by atoms with Crippen LogP contribution in [0.1, 0.15) is 25.3 Å². The molecule has 0 aliphatic carbocycles. The number of benzene rings is 1. The molecule has 4 atom stereocenters. The second kappa shape index (κ2) is 8.97. The maximum absolute atomic E-state index is 12.9. The number of aliphatic carboxylic acids is 1. The van der Waals surface area contributed by atoms with E-state index in [2.05, 4.69) is 5.32 Å². The molecule has 0 aromatic heterocycles. The zero-order chi connectivity index (χ0) is 18.4. The van der Waals surface area contributed by atoms with Gasteiger partial charge in [-0.3, -0.25) is 4.79 Å². The van der Waals surface area contributed by atoms with Gasteiger partial charge in [-0.05, 0) is 24.9 Å². The molecule has 6 nitrogen and oxygen atoms in total. The molecule has 0 radical (unpaired) electrons. The Hall–Kier alpha value is -1.92. The van der Waals surface area contributed by atoms with Crippen molar-refractivity contribution in [1.29, 1.82) is 0 Å². The van der Waals surface area contributed by atoms with Gasteiger partial charge >= 0.3 is 5.97 Å². The van der Waals surface area contributed by atoms with E-state index in [4.69, 9.17) is 4.74 Å². The smallest absolute Gasteiger partial charge is 0.326 e. The fourth-order valence-corrected chi connectivity index (χ4v) is 3.55. The second-order valence-electron chi connectivity index (χ2n) is 6.68. The first kappa shape index (κ1) is 19.4. The first-order valence-electron chi connectivity index (χ1n) is 8.75. The van der Waals surface area contributed by atoms with Gasteiger partial charge in [0.2, 0.25) is 5.91 Å². The number of nitrogens with one attached hydrogen (secondary N) is 1. The summed E-state index contributed by atoms with van der Waals surface area (Å²) in [6.07, 6.45) is 2.05. The molecule has 1 aromatic carbocycles. The Labute approximate surface area is 149 Å². The molecule has 138 valence electrons. The molecule has 2 N–H and O–H groups in total. The lowest BCUT2D eigenvalue weighted by molar-refractivity contribution is -0.152. The number of rotatable bonds is 8. The van der Waals surface area contributed by atoms with Gasteiger partial charge in [0, 0.05) is 26.6 Å². The molecule has 1 aliphatic heterocycles. The third-order valence-corrected chi connectivity index (χ3v) is 5.02. The molecule has 1 amide bonds. The van der Waals surface area contributed by atoms with Crippen molar-refractivity contribution in [2.75, 3.05) is 20.7 Å². The average molecular weight is 348 g/mol. The predicted octanol–water partition coefficient (Wildman–Crippen LogP) is 1.54. The van der Waals surface area contributed by atoms with E-state index in [0.29, 0.717) is 0 Å². The number of nitrogens with zero attached hydrogens (tertiary/aromatic N) is 1. The largest absolute Gasteiger partial charge is 0.480 e. The number of hydrogen-bond acceptors (Lipinski definition) is 4. The van der Waals surface area contributed by atoms with Crippen molar-refractivity contribution in [1.82, 2.24) is 10.2 Å². The first-order chi connectivity index (χ1) is 12.0. The standard InChI is InChI=1S/C19H28N2O4/c1-13(17(25-3)15-10-7-11-20-15)18(22)21(2)16(19(23)24)12-14-8-5-4-6-9-14/h4-6,8-9,13,15-17,20H,7,10-12H2,1-3H3,(H,23,24)/t13-,15+,16+,17-/m1/s1. The van der Waals surface area contributed by atoms with Crippen molar-refractivity contribution < 1.29 is 19.4 Å². The van der Waals surface area contributed by atoms with Crippen LogP contribution in [-0.4, -0.2) is 60.8 Å². The van der Waals surface area contributed by atoms with E-state index >= 15 is 0 Å². The molecule has 6 heteroatoms. The zero-order valence-electron chi connectivity index (χ0n) is 15.1.